The fraction of sp³-hybridized carbons (Fsp3) is 0.452. The number of ether oxygens (including phenoxy) is 5. The first-order valence-electron chi connectivity index (χ1n) is 14.4. The summed E-state index contributed by atoms with van der Waals surface area (Å²) < 4.78 is 42.5. The number of carbonyl (C=O) groups is 1. The van der Waals surface area contributed by atoms with Crippen LogP contribution in [0.3, 0.4) is 0 Å². The van der Waals surface area contributed by atoms with Gasteiger partial charge in [0.25, 0.3) is 0 Å². The molecule has 2 aliphatic heterocycles. The summed E-state index contributed by atoms with van der Waals surface area (Å²) >= 11 is 12.0. The molecule has 46 heavy (non-hydrogen) atoms. The van der Waals surface area contributed by atoms with E-state index in [-0.39, 0.29) is 30.4 Å². The highest BCUT2D eigenvalue weighted by Gasteiger charge is 2.53. The lowest BCUT2D eigenvalue weighted by atomic mass is 9.83. The molecule has 2 heterocycles. The number of nitrogen functional groups attached to an aromatic ring is 1. The Hall–Kier alpha value is -2.98. The summed E-state index contributed by atoms with van der Waals surface area (Å²) in [7, 11) is 0. The minimum atomic E-state index is -1.88. The van der Waals surface area contributed by atoms with Gasteiger partial charge in [0.15, 0.2) is 6.17 Å². The van der Waals surface area contributed by atoms with Gasteiger partial charge in [-0.15, -0.1) is 0 Å². The van der Waals surface area contributed by atoms with E-state index in [1.54, 1.807) is 37.3 Å². The van der Waals surface area contributed by atoms with Gasteiger partial charge in [0.1, 0.15) is 67.6 Å². The molecule has 0 aromatic heterocycles. The number of hydrogen-bond donors (Lipinski definition) is 6. The molecular formula is C31H35Cl2FN2O10. The third kappa shape index (κ3) is 7.28. The fourth-order valence-electron chi connectivity index (χ4n) is 5.49. The summed E-state index contributed by atoms with van der Waals surface area (Å²) in [6, 6.07) is 8.12. The van der Waals surface area contributed by atoms with E-state index >= 15 is 4.39 Å². The van der Waals surface area contributed by atoms with Crippen LogP contribution in [0.25, 0.3) is 6.08 Å². The number of amides is 1. The number of aliphatic hydroxyl groups excluding tert-OH is 4. The Kier molecular flexibility index (Phi) is 10.8. The van der Waals surface area contributed by atoms with Crippen LogP contribution in [0.4, 0.5) is 10.1 Å². The molecule has 15 heteroatoms. The highest BCUT2D eigenvalue weighted by molar-refractivity contribution is 6.35. The molecule has 2 aromatic rings. The van der Waals surface area contributed by atoms with Crippen LogP contribution in [0.1, 0.15) is 19.4 Å². The van der Waals surface area contributed by atoms with E-state index < -0.39 is 67.1 Å². The first kappa shape index (κ1) is 34.4. The second kappa shape index (κ2) is 14.4. The van der Waals surface area contributed by atoms with E-state index in [1.165, 1.54) is 25.1 Å². The number of alkyl halides is 1. The van der Waals surface area contributed by atoms with Gasteiger partial charge < -0.3 is 55.2 Å². The smallest absolute Gasteiger partial charge is 0.247 e. The SMILES string of the molecule is C/C(=C/COc1ccc(Cl)cc1Cl)[C@H]1O[C@@H](Oc2ccc(/C=C(\C)C(=O)N[C@@H]3C(O)C(O)C4OCO[C@H]4[C@@H]3O)cc2N)[C@H](F)[C@@H]1O. The van der Waals surface area contributed by atoms with Crippen LogP contribution in [0.2, 0.25) is 10.0 Å². The molecule has 2 aromatic carbocycles. The number of hydrogen-bond acceptors (Lipinski definition) is 11. The lowest BCUT2D eigenvalue weighted by molar-refractivity contribution is -0.155. The van der Waals surface area contributed by atoms with Gasteiger partial charge >= 0.3 is 0 Å². The predicted octanol–water partition coefficient (Wildman–Crippen LogP) is 2.13. The summed E-state index contributed by atoms with van der Waals surface area (Å²) in [4.78, 5) is 12.9. The number of rotatable bonds is 9. The summed E-state index contributed by atoms with van der Waals surface area (Å²) in [5, 5.41) is 45.2. The van der Waals surface area contributed by atoms with Crippen molar-refractivity contribution < 1.29 is 53.3 Å². The van der Waals surface area contributed by atoms with E-state index in [1.807, 2.05) is 0 Å². The van der Waals surface area contributed by atoms with Crippen molar-refractivity contribution in [1.29, 1.82) is 0 Å². The summed E-state index contributed by atoms with van der Waals surface area (Å²) in [6.45, 7) is 3.11. The molecule has 2 saturated heterocycles. The van der Waals surface area contributed by atoms with Crippen LogP contribution < -0.4 is 20.5 Å². The van der Waals surface area contributed by atoms with E-state index in [9.17, 15) is 25.2 Å². The van der Waals surface area contributed by atoms with Crippen LogP contribution >= 0.6 is 23.2 Å². The number of anilines is 1. The second-order valence-corrected chi connectivity index (χ2v) is 12.1. The summed E-state index contributed by atoms with van der Waals surface area (Å²) in [6.07, 6.45) is -8.69. The van der Waals surface area contributed by atoms with Gasteiger partial charge in [-0.05, 0) is 67.5 Å². The molecule has 5 rings (SSSR count). The van der Waals surface area contributed by atoms with E-state index in [0.717, 1.165) is 0 Å². The molecule has 7 N–H and O–H groups in total. The van der Waals surface area contributed by atoms with Crippen molar-refractivity contribution in [2.24, 2.45) is 0 Å². The van der Waals surface area contributed by atoms with Crippen LogP contribution in [0.15, 0.2) is 53.6 Å². The van der Waals surface area contributed by atoms with Gasteiger partial charge in [-0.3, -0.25) is 4.79 Å². The molecule has 1 aliphatic carbocycles. The van der Waals surface area contributed by atoms with Crippen molar-refractivity contribution in [3.63, 3.8) is 0 Å². The number of fused-ring (bicyclic) bond motifs is 1. The average molecular weight is 686 g/mol. The topological polar surface area (TPSA) is 182 Å². The molecule has 10 atom stereocenters. The zero-order valence-electron chi connectivity index (χ0n) is 24.8. The standard InChI is InChI=1S/C31H35Cl2FN2O10/c1-13(7-8-42-19-6-4-16(32)11-17(19)33)27-23(37)21(34)31(46-27)45-20-5-3-15(10-18(20)35)9-14(2)30(41)36-22-24(38)26(40)29-28(25(22)39)43-12-44-29/h3-7,9-11,21-29,31,37-40H,8,12,35H2,1-2H3,(H,36,41)/b13-7-,14-9+/t21-,22-,23+,24?,25-,26?,27-,28+,29?,31-/m1/s1. The van der Waals surface area contributed by atoms with Gasteiger partial charge in [-0.25, -0.2) is 4.39 Å². The Morgan fingerprint density at radius 3 is 2.41 bits per heavy atom. The van der Waals surface area contributed by atoms with Crippen LogP contribution in [0.5, 0.6) is 11.5 Å². The molecular weight excluding hydrogens is 650 g/mol. The monoisotopic (exact) mass is 684 g/mol. The third-order valence-electron chi connectivity index (χ3n) is 8.08. The van der Waals surface area contributed by atoms with Gasteiger partial charge in [-0.2, -0.15) is 0 Å². The van der Waals surface area contributed by atoms with Crippen LogP contribution in [0, 0.1) is 0 Å². The molecule has 3 aliphatic rings. The normalized spacial score (nSPS) is 33.1. The Morgan fingerprint density at radius 1 is 1.02 bits per heavy atom. The van der Waals surface area contributed by atoms with Crippen molar-refractivity contribution in [2.45, 2.75) is 75.1 Å². The second-order valence-electron chi connectivity index (χ2n) is 11.3. The van der Waals surface area contributed by atoms with Gasteiger partial charge in [-0.1, -0.05) is 29.3 Å². The maximum absolute atomic E-state index is 15.0. The number of nitrogens with two attached hydrogens (primary N) is 1. The zero-order chi connectivity index (χ0) is 33.3. The molecule has 0 radical (unpaired) electrons. The minimum absolute atomic E-state index is 0.0791. The number of benzene rings is 2. The quantitative estimate of drug-likeness (QED) is 0.129. The predicted molar refractivity (Wildman–Crippen MR) is 165 cm³/mol. The largest absolute Gasteiger partial charge is 0.488 e. The highest BCUT2D eigenvalue weighted by atomic mass is 35.5. The van der Waals surface area contributed by atoms with Gasteiger partial charge in [0.05, 0.1) is 16.8 Å². The van der Waals surface area contributed by atoms with Crippen molar-refractivity contribution >= 4 is 40.9 Å². The molecule has 1 saturated carbocycles. The molecule has 250 valence electrons. The first-order chi connectivity index (χ1) is 21.8. The molecule has 3 unspecified atom stereocenters. The number of aliphatic hydroxyl groups is 4. The lowest BCUT2D eigenvalue weighted by Crippen LogP contribution is -2.67. The third-order valence-corrected chi connectivity index (χ3v) is 8.61. The maximum Gasteiger partial charge on any atom is 0.247 e. The fourth-order valence-corrected chi connectivity index (χ4v) is 5.96. The molecule has 3 fully saturated rings. The Balaban J connectivity index is 1.18. The maximum atomic E-state index is 15.0. The zero-order valence-corrected chi connectivity index (χ0v) is 26.3. The van der Waals surface area contributed by atoms with Crippen molar-refractivity contribution in [2.75, 3.05) is 19.1 Å². The molecule has 12 nitrogen and oxygen atoms in total. The van der Waals surface area contributed by atoms with Crippen molar-refractivity contribution in [3.05, 3.63) is 69.2 Å². The van der Waals surface area contributed by atoms with Crippen LogP contribution in [-0.4, -0.2) is 101 Å². The van der Waals surface area contributed by atoms with Gasteiger partial charge in [0, 0.05) is 10.6 Å². The molecule has 1 amide bonds. The van der Waals surface area contributed by atoms with E-state index in [2.05, 4.69) is 5.32 Å². The number of nitrogens with one attached hydrogen (secondary N) is 1. The van der Waals surface area contributed by atoms with Crippen molar-refractivity contribution in [3.8, 4) is 11.5 Å². The Labute approximate surface area is 274 Å². The highest BCUT2D eigenvalue weighted by Crippen LogP contribution is 2.34. The van der Waals surface area contributed by atoms with Crippen LogP contribution in [-0.2, 0) is 19.0 Å². The number of halogens is 3. The van der Waals surface area contributed by atoms with Gasteiger partial charge in [0.2, 0.25) is 12.2 Å². The summed E-state index contributed by atoms with van der Waals surface area (Å²) in [5.74, 6) is -0.110. The number of carbonyl (C=O) groups excluding carboxylic acids is 1. The Bertz CT molecular complexity index is 1500. The summed E-state index contributed by atoms with van der Waals surface area (Å²) in [5.41, 5.74) is 7.48. The lowest BCUT2D eigenvalue weighted by Gasteiger charge is -2.41. The average Bonchev–Trinajstić information content (AvgIpc) is 3.62. The van der Waals surface area contributed by atoms with Crippen molar-refractivity contribution in [1.82, 2.24) is 5.32 Å². The van der Waals surface area contributed by atoms with E-state index in [4.69, 9.17) is 52.6 Å². The van der Waals surface area contributed by atoms with E-state index in [0.29, 0.717) is 26.9 Å². The minimum Gasteiger partial charge on any atom is -0.488 e. The first-order valence-corrected chi connectivity index (χ1v) is 15.2. The Morgan fingerprint density at radius 2 is 1.72 bits per heavy atom. The molecule has 0 bridgehead atoms. The molecule has 0 spiro atoms.